The predicted octanol–water partition coefficient (Wildman–Crippen LogP) is 2.16. The van der Waals surface area contributed by atoms with Crippen molar-refractivity contribution in [3.63, 3.8) is 0 Å². The first-order valence-corrected chi connectivity index (χ1v) is 6.20. The van der Waals surface area contributed by atoms with Gasteiger partial charge in [-0.05, 0) is 19.1 Å². The number of rotatable bonds is 2. The minimum atomic E-state index is 0.558. The average molecular weight is 245 g/mol. The van der Waals surface area contributed by atoms with Gasteiger partial charge in [-0.25, -0.2) is 15.0 Å². The molecule has 3 heterocycles. The van der Waals surface area contributed by atoms with Crippen molar-refractivity contribution in [2.75, 3.05) is 5.73 Å². The van der Waals surface area contributed by atoms with Gasteiger partial charge in [0.25, 0.3) is 0 Å². The lowest BCUT2D eigenvalue weighted by atomic mass is 10.4. The number of imidazole rings is 1. The summed E-state index contributed by atoms with van der Waals surface area (Å²) in [6.45, 7) is 2.87. The molecule has 0 unspecified atom stereocenters. The second-order valence-electron chi connectivity index (χ2n) is 3.60. The van der Waals surface area contributed by atoms with E-state index in [0.29, 0.717) is 5.13 Å². The smallest absolute Gasteiger partial charge is 0.180 e. The molecule has 5 nitrogen and oxygen atoms in total. The summed E-state index contributed by atoms with van der Waals surface area (Å²) in [4.78, 5) is 13.2. The lowest BCUT2D eigenvalue weighted by Crippen LogP contribution is -1.98. The van der Waals surface area contributed by atoms with Crippen LogP contribution in [0.2, 0.25) is 0 Å². The molecular formula is C11H11N5S. The van der Waals surface area contributed by atoms with Crippen molar-refractivity contribution < 1.29 is 0 Å². The number of hydrogen-bond donors (Lipinski definition) is 1. The van der Waals surface area contributed by atoms with Crippen LogP contribution in [0.3, 0.4) is 0 Å². The quantitative estimate of drug-likeness (QED) is 0.751. The Hall–Kier alpha value is -1.95. The van der Waals surface area contributed by atoms with Crippen LogP contribution in [0.5, 0.6) is 0 Å². The van der Waals surface area contributed by atoms with E-state index in [4.69, 9.17) is 5.73 Å². The zero-order chi connectivity index (χ0) is 11.8. The van der Waals surface area contributed by atoms with E-state index in [1.54, 1.807) is 6.20 Å². The Bertz CT molecular complexity index is 669. The second-order valence-corrected chi connectivity index (χ2v) is 4.49. The van der Waals surface area contributed by atoms with Crippen LogP contribution in [0.1, 0.15) is 6.92 Å². The number of nitrogen functional groups attached to an aromatic ring is 1. The fourth-order valence-corrected chi connectivity index (χ4v) is 2.39. The molecule has 0 saturated heterocycles. The number of fused-ring (bicyclic) bond motifs is 1. The maximum Gasteiger partial charge on any atom is 0.180 e. The molecule has 0 aliphatic carbocycles. The van der Waals surface area contributed by atoms with Crippen LogP contribution >= 0.6 is 11.3 Å². The summed E-state index contributed by atoms with van der Waals surface area (Å²) < 4.78 is 2.05. The number of aromatic nitrogens is 4. The van der Waals surface area contributed by atoms with Crippen LogP contribution in [0, 0.1) is 0 Å². The monoisotopic (exact) mass is 245 g/mol. The van der Waals surface area contributed by atoms with E-state index < -0.39 is 0 Å². The van der Waals surface area contributed by atoms with Gasteiger partial charge in [0.2, 0.25) is 0 Å². The first kappa shape index (κ1) is 10.2. The normalized spacial score (nSPS) is 11.1. The van der Waals surface area contributed by atoms with E-state index in [1.165, 1.54) is 11.3 Å². The Morgan fingerprint density at radius 2 is 2.29 bits per heavy atom. The molecule has 0 aliphatic heterocycles. The largest absolute Gasteiger partial charge is 0.375 e. The Labute approximate surface area is 102 Å². The minimum Gasteiger partial charge on any atom is -0.375 e. The van der Waals surface area contributed by atoms with Crippen LogP contribution in [0.25, 0.3) is 22.7 Å². The van der Waals surface area contributed by atoms with Gasteiger partial charge in [-0.3, -0.25) is 0 Å². The number of aryl methyl sites for hydroxylation is 1. The summed E-state index contributed by atoms with van der Waals surface area (Å²) in [5, 5.41) is 2.48. The number of hydrogen-bond acceptors (Lipinski definition) is 5. The first-order chi connectivity index (χ1) is 8.29. The third kappa shape index (κ3) is 1.57. The molecule has 17 heavy (non-hydrogen) atoms. The summed E-state index contributed by atoms with van der Waals surface area (Å²) >= 11 is 1.42. The van der Waals surface area contributed by atoms with Gasteiger partial charge in [0, 0.05) is 18.1 Å². The van der Waals surface area contributed by atoms with Gasteiger partial charge in [-0.15, -0.1) is 11.3 Å². The van der Waals surface area contributed by atoms with Gasteiger partial charge in [-0.2, -0.15) is 0 Å². The van der Waals surface area contributed by atoms with Gasteiger partial charge in [-0.1, -0.05) is 0 Å². The van der Waals surface area contributed by atoms with Gasteiger partial charge in [0.05, 0.1) is 0 Å². The summed E-state index contributed by atoms with van der Waals surface area (Å²) in [6.07, 6.45) is 1.77. The molecule has 0 saturated carbocycles. The van der Waals surface area contributed by atoms with Crippen LogP contribution in [-0.2, 0) is 6.54 Å². The average Bonchev–Trinajstić information content (AvgIpc) is 2.91. The maximum atomic E-state index is 5.66. The maximum absolute atomic E-state index is 5.66. The summed E-state index contributed by atoms with van der Waals surface area (Å²) in [6, 6.07) is 3.84. The topological polar surface area (TPSA) is 69.6 Å². The highest BCUT2D eigenvalue weighted by atomic mass is 32.1. The molecular weight excluding hydrogens is 234 g/mol. The number of thiazole rings is 1. The second kappa shape index (κ2) is 3.81. The van der Waals surface area contributed by atoms with Gasteiger partial charge >= 0.3 is 0 Å². The van der Waals surface area contributed by atoms with Crippen molar-refractivity contribution in [1.82, 2.24) is 19.5 Å². The van der Waals surface area contributed by atoms with E-state index in [0.717, 1.165) is 29.2 Å². The fraction of sp³-hybridized carbons (Fsp3) is 0.182. The summed E-state index contributed by atoms with van der Waals surface area (Å²) in [7, 11) is 0. The molecule has 0 atom stereocenters. The summed E-state index contributed by atoms with van der Waals surface area (Å²) in [5.41, 5.74) is 8.24. The standard InChI is InChI=1S/C11H11N5S/c1-2-16-9-7(4-3-5-13-9)14-10(16)8-6-17-11(12)15-8/h3-6H,2H2,1H3,(H2,12,15). The van der Waals surface area contributed by atoms with Crippen LogP contribution in [0.15, 0.2) is 23.7 Å². The van der Waals surface area contributed by atoms with Crippen molar-refractivity contribution in [2.45, 2.75) is 13.5 Å². The number of anilines is 1. The Balaban J connectivity index is 2.29. The Kier molecular flexibility index (Phi) is 2.29. The molecule has 86 valence electrons. The molecule has 2 N–H and O–H groups in total. The highest BCUT2D eigenvalue weighted by Gasteiger charge is 2.14. The molecule has 3 rings (SSSR count). The zero-order valence-corrected chi connectivity index (χ0v) is 10.1. The highest BCUT2D eigenvalue weighted by Crippen LogP contribution is 2.25. The van der Waals surface area contributed by atoms with Gasteiger partial charge < -0.3 is 10.3 Å². The molecule has 0 fully saturated rings. The Morgan fingerprint density at radius 1 is 1.41 bits per heavy atom. The molecule has 0 bridgehead atoms. The van der Waals surface area contributed by atoms with E-state index >= 15 is 0 Å². The van der Waals surface area contributed by atoms with Gasteiger partial charge in [0.15, 0.2) is 16.6 Å². The lowest BCUT2D eigenvalue weighted by molar-refractivity contribution is 0.785. The van der Waals surface area contributed by atoms with Gasteiger partial charge in [0.1, 0.15) is 11.2 Å². The molecule has 0 aliphatic rings. The first-order valence-electron chi connectivity index (χ1n) is 5.32. The molecule has 0 radical (unpaired) electrons. The third-order valence-corrected chi connectivity index (χ3v) is 3.24. The van der Waals surface area contributed by atoms with Crippen molar-refractivity contribution in [1.29, 1.82) is 0 Å². The van der Waals surface area contributed by atoms with Crippen molar-refractivity contribution in [3.8, 4) is 11.5 Å². The van der Waals surface area contributed by atoms with Crippen molar-refractivity contribution >= 4 is 27.6 Å². The van der Waals surface area contributed by atoms with Crippen LogP contribution in [-0.4, -0.2) is 19.5 Å². The van der Waals surface area contributed by atoms with Crippen LogP contribution in [0.4, 0.5) is 5.13 Å². The zero-order valence-electron chi connectivity index (χ0n) is 9.29. The van der Waals surface area contributed by atoms with E-state index in [9.17, 15) is 0 Å². The molecule has 0 amide bonds. The lowest BCUT2D eigenvalue weighted by Gasteiger charge is -2.01. The predicted molar refractivity (Wildman–Crippen MR) is 68.7 cm³/mol. The van der Waals surface area contributed by atoms with E-state index in [1.807, 2.05) is 22.1 Å². The Morgan fingerprint density at radius 3 is 3.00 bits per heavy atom. The molecule has 0 spiro atoms. The number of pyridine rings is 1. The molecule has 3 aromatic heterocycles. The van der Waals surface area contributed by atoms with Crippen molar-refractivity contribution in [3.05, 3.63) is 23.7 Å². The van der Waals surface area contributed by atoms with Crippen molar-refractivity contribution in [2.24, 2.45) is 0 Å². The molecule has 6 heteroatoms. The number of nitrogens with zero attached hydrogens (tertiary/aromatic N) is 4. The molecule has 0 aromatic carbocycles. The third-order valence-electron chi connectivity index (χ3n) is 2.57. The fourth-order valence-electron chi connectivity index (χ4n) is 1.84. The highest BCUT2D eigenvalue weighted by molar-refractivity contribution is 7.13. The number of nitrogens with two attached hydrogens (primary N) is 1. The SMILES string of the molecule is CCn1c(-c2csc(N)n2)nc2cccnc21. The van der Waals surface area contributed by atoms with Crippen LogP contribution < -0.4 is 5.73 Å². The molecule has 3 aromatic rings. The van der Waals surface area contributed by atoms with E-state index in [-0.39, 0.29) is 0 Å². The van der Waals surface area contributed by atoms with E-state index in [2.05, 4.69) is 21.9 Å². The summed E-state index contributed by atoms with van der Waals surface area (Å²) in [5.74, 6) is 0.828. The minimum absolute atomic E-state index is 0.558.